The molecule has 1 N–H and O–H groups in total. The highest BCUT2D eigenvalue weighted by molar-refractivity contribution is 5.77. The summed E-state index contributed by atoms with van der Waals surface area (Å²) in [5.74, 6) is 0.995. The van der Waals surface area contributed by atoms with Crippen LogP contribution >= 0.6 is 0 Å². The van der Waals surface area contributed by atoms with Gasteiger partial charge in [0.1, 0.15) is 17.4 Å². The van der Waals surface area contributed by atoms with Gasteiger partial charge in [0.25, 0.3) is 0 Å². The van der Waals surface area contributed by atoms with Gasteiger partial charge >= 0.3 is 0 Å². The van der Waals surface area contributed by atoms with Crippen molar-refractivity contribution in [2.75, 3.05) is 13.2 Å². The summed E-state index contributed by atoms with van der Waals surface area (Å²) in [6.45, 7) is 0.903. The lowest BCUT2D eigenvalue weighted by Crippen LogP contribution is -2.24. The molecule has 17 heavy (non-hydrogen) atoms. The van der Waals surface area contributed by atoms with Crippen molar-refractivity contribution in [1.29, 1.82) is 0 Å². The van der Waals surface area contributed by atoms with Crippen LogP contribution in [0.25, 0.3) is 11.0 Å². The van der Waals surface area contributed by atoms with Crippen molar-refractivity contribution in [3.63, 3.8) is 0 Å². The average molecular weight is 232 g/mol. The maximum absolute atomic E-state index is 9.38. The van der Waals surface area contributed by atoms with Crippen LogP contribution in [-0.4, -0.2) is 18.3 Å². The number of aliphatic hydroxyl groups excluding tert-OH is 1. The Morgan fingerprint density at radius 3 is 3.00 bits per heavy atom. The molecule has 1 fully saturated rings. The molecule has 1 aliphatic rings. The maximum Gasteiger partial charge on any atom is 0.134 e. The molecule has 2 unspecified atom stereocenters. The minimum absolute atomic E-state index is 0.0962. The molecule has 0 radical (unpaired) electrons. The summed E-state index contributed by atoms with van der Waals surface area (Å²) in [6, 6.07) is 9.95. The normalized spacial score (nSPS) is 25.2. The number of hydrogen-bond acceptors (Lipinski definition) is 3. The molecule has 90 valence electrons. The minimum Gasteiger partial charge on any atom is -0.458 e. The first kappa shape index (κ1) is 10.8. The zero-order chi connectivity index (χ0) is 11.7. The zero-order valence-corrected chi connectivity index (χ0v) is 9.63. The first-order valence-electron chi connectivity index (χ1n) is 6.09. The number of aliphatic hydroxyl groups is 1. The molecule has 1 aliphatic heterocycles. The highest BCUT2D eigenvalue weighted by atomic mass is 16.5. The van der Waals surface area contributed by atoms with Crippen molar-refractivity contribution in [3.8, 4) is 0 Å². The fourth-order valence-corrected chi connectivity index (χ4v) is 2.49. The molecule has 2 heterocycles. The minimum atomic E-state index is -0.0962. The maximum atomic E-state index is 9.38. The van der Waals surface area contributed by atoms with Crippen molar-refractivity contribution >= 4 is 11.0 Å². The van der Waals surface area contributed by atoms with Crippen LogP contribution in [0.4, 0.5) is 0 Å². The number of rotatable bonds is 2. The molecule has 3 heteroatoms. The first-order valence-corrected chi connectivity index (χ1v) is 6.09. The number of benzene rings is 1. The van der Waals surface area contributed by atoms with E-state index >= 15 is 0 Å². The van der Waals surface area contributed by atoms with Gasteiger partial charge in [-0.15, -0.1) is 0 Å². The lowest BCUT2D eigenvalue weighted by Gasteiger charge is -2.28. The number of ether oxygens (including phenoxy) is 1. The van der Waals surface area contributed by atoms with Crippen LogP contribution in [0, 0.1) is 5.92 Å². The molecule has 0 bridgehead atoms. The predicted octanol–water partition coefficient (Wildman–Crippen LogP) is 2.89. The van der Waals surface area contributed by atoms with Gasteiger partial charge in [0.2, 0.25) is 0 Å². The Morgan fingerprint density at radius 2 is 2.18 bits per heavy atom. The zero-order valence-electron chi connectivity index (χ0n) is 9.63. The third-order valence-corrected chi connectivity index (χ3v) is 3.40. The summed E-state index contributed by atoms with van der Waals surface area (Å²) in [7, 11) is 0. The molecule has 2 atom stereocenters. The van der Waals surface area contributed by atoms with Crippen molar-refractivity contribution in [3.05, 3.63) is 36.1 Å². The summed E-state index contributed by atoms with van der Waals surface area (Å²) in [6.07, 6.45) is 1.92. The van der Waals surface area contributed by atoms with E-state index in [-0.39, 0.29) is 18.6 Å². The molecule has 2 aromatic rings. The van der Waals surface area contributed by atoms with Gasteiger partial charge in [0.15, 0.2) is 0 Å². The van der Waals surface area contributed by atoms with Crippen LogP contribution < -0.4 is 0 Å². The monoisotopic (exact) mass is 232 g/mol. The van der Waals surface area contributed by atoms with Gasteiger partial charge < -0.3 is 14.3 Å². The average Bonchev–Trinajstić information content (AvgIpc) is 2.82. The Bertz CT molecular complexity index is 470. The molecule has 1 saturated heterocycles. The van der Waals surface area contributed by atoms with E-state index < -0.39 is 0 Å². The fraction of sp³-hybridized carbons (Fsp3) is 0.429. The molecule has 0 aliphatic carbocycles. The lowest BCUT2D eigenvalue weighted by atomic mass is 9.93. The second-order valence-corrected chi connectivity index (χ2v) is 4.56. The number of para-hydroxylation sites is 1. The summed E-state index contributed by atoms with van der Waals surface area (Å²) in [5.41, 5.74) is 0.883. The van der Waals surface area contributed by atoms with Gasteiger partial charge in [0, 0.05) is 24.5 Å². The van der Waals surface area contributed by atoms with Crippen LogP contribution in [-0.2, 0) is 4.74 Å². The van der Waals surface area contributed by atoms with Gasteiger partial charge in [-0.1, -0.05) is 18.2 Å². The van der Waals surface area contributed by atoms with E-state index in [2.05, 4.69) is 0 Å². The Kier molecular flexibility index (Phi) is 2.87. The quantitative estimate of drug-likeness (QED) is 0.865. The molecule has 1 aromatic carbocycles. The molecular weight excluding hydrogens is 216 g/mol. The smallest absolute Gasteiger partial charge is 0.134 e. The molecule has 3 nitrogen and oxygen atoms in total. The van der Waals surface area contributed by atoms with E-state index in [1.54, 1.807) is 0 Å². The Balaban J connectivity index is 1.96. The molecule has 0 amide bonds. The van der Waals surface area contributed by atoms with E-state index in [0.717, 1.165) is 36.2 Å². The van der Waals surface area contributed by atoms with E-state index in [4.69, 9.17) is 9.15 Å². The van der Waals surface area contributed by atoms with Crippen LogP contribution in [0.5, 0.6) is 0 Å². The van der Waals surface area contributed by atoms with Crippen LogP contribution in [0.15, 0.2) is 34.7 Å². The molecule has 3 rings (SSSR count). The van der Waals surface area contributed by atoms with Crippen LogP contribution in [0.2, 0.25) is 0 Å². The van der Waals surface area contributed by atoms with Crippen molar-refractivity contribution in [1.82, 2.24) is 0 Å². The Labute approximate surface area is 100.0 Å². The van der Waals surface area contributed by atoms with Gasteiger partial charge in [-0.2, -0.15) is 0 Å². The third kappa shape index (κ3) is 1.96. The lowest BCUT2D eigenvalue weighted by molar-refractivity contribution is -0.0557. The van der Waals surface area contributed by atoms with Crippen molar-refractivity contribution < 1.29 is 14.3 Å². The summed E-state index contributed by atoms with van der Waals surface area (Å²) < 4.78 is 11.5. The number of hydrogen-bond donors (Lipinski definition) is 1. The predicted molar refractivity (Wildman–Crippen MR) is 64.7 cm³/mol. The Hall–Kier alpha value is -1.32. The van der Waals surface area contributed by atoms with Crippen LogP contribution in [0.3, 0.4) is 0 Å². The third-order valence-electron chi connectivity index (χ3n) is 3.40. The van der Waals surface area contributed by atoms with Gasteiger partial charge in [0.05, 0.1) is 0 Å². The molecular formula is C14H16O3. The fourth-order valence-electron chi connectivity index (χ4n) is 2.49. The van der Waals surface area contributed by atoms with E-state index in [9.17, 15) is 5.11 Å². The second kappa shape index (κ2) is 4.51. The standard InChI is InChI=1S/C14H16O3/c15-9-11-5-3-7-16-14(11)13-8-10-4-1-2-6-12(10)17-13/h1-2,4,6,8,11,14-15H,3,5,7,9H2. The van der Waals surface area contributed by atoms with Gasteiger partial charge in [-0.05, 0) is 25.0 Å². The van der Waals surface area contributed by atoms with Gasteiger partial charge in [-0.3, -0.25) is 0 Å². The van der Waals surface area contributed by atoms with Gasteiger partial charge in [-0.25, -0.2) is 0 Å². The highest BCUT2D eigenvalue weighted by Crippen LogP contribution is 2.35. The molecule has 0 spiro atoms. The summed E-state index contributed by atoms with van der Waals surface area (Å²) in [4.78, 5) is 0. The van der Waals surface area contributed by atoms with E-state index in [1.165, 1.54) is 0 Å². The SMILES string of the molecule is OCC1CCCOC1c1cc2ccccc2o1. The Morgan fingerprint density at radius 1 is 1.29 bits per heavy atom. The molecule has 0 saturated carbocycles. The second-order valence-electron chi connectivity index (χ2n) is 4.56. The number of fused-ring (bicyclic) bond motifs is 1. The topological polar surface area (TPSA) is 42.6 Å². The van der Waals surface area contributed by atoms with Crippen LogP contribution in [0.1, 0.15) is 24.7 Å². The highest BCUT2D eigenvalue weighted by Gasteiger charge is 2.29. The first-order chi connectivity index (χ1) is 8.38. The van der Waals surface area contributed by atoms with E-state index in [0.29, 0.717) is 0 Å². The largest absolute Gasteiger partial charge is 0.458 e. The number of furan rings is 1. The van der Waals surface area contributed by atoms with Crippen molar-refractivity contribution in [2.24, 2.45) is 5.92 Å². The van der Waals surface area contributed by atoms with E-state index in [1.807, 2.05) is 30.3 Å². The molecule has 1 aromatic heterocycles. The summed E-state index contributed by atoms with van der Waals surface area (Å²) >= 11 is 0. The van der Waals surface area contributed by atoms with Crippen molar-refractivity contribution in [2.45, 2.75) is 18.9 Å². The summed E-state index contributed by atoms with van der Waals surface area (Å²) in [5, 5.41) is 10.5.